The molecule has 5 heteroatoms. The van der Waals surface area contributed by atoms with Crippen molar-refractivity contribution >= 4 is 16.8 Å². The van der Waals surface area contributed by atoms with Crippen LogP contribution in [-0.2, 0) is 0 Å². The molecular weight excluding hydrogens is 290 g/mol. The number of aromatic nitrogens is 1. The Bertz CT molecular complexity index is 738. The summed E-state index contributed by atoms with van der Waals surface area (Å²) in [6.45, 7) is 3.29. The minimum Gasteiger partial charge on any atom is -0.496 e. The zero-order valence-electron chi connectivity index (χ0n) is 13.3. The van der Waals surface area contributed by atoms with E-state index in [0.717, 1.165) is 17.4 Å². The SMILES string of the molecule is COc1cc(C(=O)N[C@H]2CN3CCC2CC3)nc2ccccc12. The van der Waals surface area contributed by atoms with Crippen molar-refractivity contribution in [3.8, 4) is 5.75 Å². The van der Waals surface area contributed by atoms with E-state index in [2.05, 4.69) is 15.2 Å². The van der Waals surface area contributed by atoms with Crippen LogP contribution in [0, 0.1) is 5.92 Å². The van der Waals surface area contributed by atoms with E-state index in [4.69, 9.17) is 4.74 Å². The van der Waals surface area contributed by atoms with Gasteiger partial charge in [-0.2, -0.15) is 0 Å². The average Bonchev–Trinajstić information content (AvgIpc) is 2.61. The third-order valence-corrected chi connectivity index (χ3v) is 5.10. The van der Waals surface area contributed by atoms with E-state index in [1.165, 1.54) is 25.9 Å². The summed E-state index contributed by atoms with van der Waals surface area (Å²) < 4.78 is 5.43. The minimum atomic E-state index is -0.104. The number of benzene rings is 1. The third-order valence-electron chi connectivity index (χ3n) is 5.10. The quantitative estimate of drug-likeness (QED) is 0.943. The monoisotopic (exact) mass is 311 g/mol. The molecule has 1 amide bonds. The van der Waals surface area contributed by atoms with E-state index in [0.29, 0.717) is 17.4 Å². The Hall–Kier alpha value is -2.14. The summed E-state index contributed by atoms with van der Waals surface area (Å²) in [6.07, 6.45) is 2.36. The van der Waals surface area contributed by atoms with Crippen LogP contribution in [-0.4, -0.2) is 48.6 Å². The maximum atomic E-state index is 12.7. The van der Waals surface area contributed by atoms with Gasteiger partial charge in [0.1, 0.15) is 11.4 Å². The lowest BCUT2D eigenvalue weighted by Crippen LogP contribution is -2.57. The summed E-state index contributed by atoms with van der Waals surface area (Å²) in [5.74, 6) is 1.19. The number of hydrogen-bond donors (Lipinski definition) is 1. The van der Waals surface area contributed by atoms with Crippen molar-refractivity contribution in [2.75, 3.05) is 26.7 Å². The molecule has 3 saturated heterocycles. The number of nitrogens with zero attached hydrogens (tertiary/aromatic N) is 2. The number of pyridine rings is 1. The molecule has 1 aromatic carbocycles. The van der Waals surface area contributed by atoms with Gasteiger partial charge in [-0.05, 0) is 44.0 Å². The molecule has 0 radical (unpaired) electrons. The van der Waals surface area contributed by atoms with Crippen molar-refractivity contribution in [2.24, 2.45) is 5.92 Å². The Morgan fingerprint density at radius 1 is 1.30 bits per heavy atom. The number of amides is 1. The standard InChI is InChI=1S/C18H21N3O2/c1-23-17-10-15(19-14-5-3-2-4-13(14)17)18(22)20-16-11-21-8-6-12(16)7-9-21/h2-5,10,12,16H,6-9,11H2,1H3,(H,20,22)/t16-/m0/s1. The first-order valence-electron chi connectivity index (χ1n) is 8.21. The largest absolute Gasteiger partial charge is 0.496 e. The van der Waals surface area contributed by atoms with Gasteiger partial charge in [0.25, 0.3) is 5.91 Å². The molecule has 5 nitrogen and oxygen atoms in total. The van der Waals surface area contributed by atoms with Crippen LogP contribution < -0.4 is 10.1 Å². The highest BCUT2D eigenvalue weighted by Gasteiger charge is 2.35. The van der Waals surface area contributed by atoms with Crippen molar-refractivity contribution in [1.29, 1.82) is 0 Å². The number of piperidine rings is 3. The molecule has 0 unspecified atom stereocenters. The highest BCUT2D eigenvalue weighted by Crippen LogP contribution is 2.28. The molecule has 3 fully saturated rings. The van der Waals surface area contributed by atoms with E-state index >= 15 is 0 Å². The summed E-state index contributed by atoms with van der Waals surface area (Å²) in [7, 11) is 1.62. The Balaban J connectivity index is 1.59. The molecule has 0 aliphatic carbocycles. The molecular formula is C18H21N3O2. The second-order valence-corrected chi connectivity index (χ2v) is 6.44. The fraction of sp³-hybridized carbons (Fsp3) is 0.444. The molecule has 120 valence electrons. The molecule has 1 N–H and O–H groups in total. The Morgan fingerprint density at radius 3 is 2.78 bits per heavy atom. The van der Waals surface area contributed by atoms with Crippen molar-refractivity contribution in [2.45, 2.75) is 18.9 Å². The van der Waals surface area contributed by atoms with Crippen molar-refractivity contribution in [1.82, 2.24) is 15.2 Å². The molecule has 0 spiro atoms. The van der Waals surface area contributed by atoms with Crippen LogP contribution in [0.25, 0.3) is 10.9 Å². The van der Waals surface area contributed by atoms with Crippen LogP contribution in [0.3, 0.4) is 0 Å². The second-order valence-electron chi connectivity index (χ2n) is 6.44. The van der Waals surface area contributed by atoms with Crippen molar-refractivity contribution in [3.63, 3.8) is 0 Å². The molecule has 1 aromatic heterocycles. The lowest BCUT2D eigenvalue weighted by Gasteiger charge is -2.44. The lowest BCUT2D eigenvalue weighted by molar-refractivity contribution is 0.0618. The molecule has 3 aliphatic heterocycles. The molecule has 0 saturated carbocycles. The topological polar surface area (TPSA) is 54.5 Å². The minimum absolute atomic E-state index is 0.104. The highest BCUT2D eigenvalue weighted by atomic mass is 16.5. The van der Waals surface area contributed by atoms with Gasteiger partial charge in [-0.3, -0.25) is 4.79 Å². The van der Waals surface area contributed by atoms with E-state index in [1.54, 1.807) is 13.2 Å². The lowest BCUT2D eigenvalue weighted by atomic mass is 9.84. The normalized spacial score (nSPS) is 26.2. The van der Waals surface area contributed by atoms with Gasteiger partial charge in [0.05, 0.1) is 12.6 Å². The number of carbonyl (C=O) groups excluding carboxylic acids is 1. The number of methoxy groups -OCH3 is 1. The van der Waals surface area contributed by atoms with Gasteiger partial charge < -0.3 is 15.0 Å². The predicted molar refractivity (Wildman–Crippen MR) is 88.7 cm³/mol. The zero-order chi connectivity index (χ0) is 15.8. The third kappa shape index (κ3) is 2.65. The van der Waals surface area contributed by atoms with E-state index in [-0.39, 0.29) is 11.9 Å². The zero-order valence-corrected chi connectivity index (χ0v) is 13.3. The number of rotatable bonds is 3. The maximum Gasteiger partial charge on any atom is 0.270 e. The van der Waals surface area contributed by atoms with Crippen LogP contribution >= 0.6 is 0 Å². The maximum absolute atomic E-state index is 12.7. The molecule has 23 heavy (non-hydrogen) atoms. The van der Waals surface area contributed by atoms with Crippen LogP contribution in [0.4, 0.5) is 0 Å². The predicted octanol–water partition coefficient (Wildman–Crippen LogP) is 2.07. The van der Waals surface area contributed by atoms with Crippen LogP contribution in [0.1, 0.15) is 23.3 Å². The van der Waals surface area contributed by atoms with Crippen LogP contribution in [0.15, 0.2) is 30.3 Å². The molecule has 4 heterocycles. The van der Waals surface area contributed by atoms with Gasteiger partial charge in [0.2, 0.25) is 0 Å². The number of nitrogens with one attached hydrogen (secondary N) is 1. The number of hydrogen-bond acceptors (Lipinski definition) is 4. The highest BCUT2D eigenvalue weighted by molar-refractivity contribution is 5.97. The summed E-state index contributed by atoms with van der Waals surface area (Å²) >= 11 is 0. The fourth-order valence-corrected chi connectivity index (χ4v) is 3.80. The first kappa shape index (κ1) is 14.5. The van der Waals surface area contributed by atoms with Crippen molar-refractivity contribution in [3.05, 3.63) is 36.0 Å². The number of ether oxygens (including phenoxy) is 1. The van der Waals surface area contributed by atoms with Crippen LogP contribution in [0.5, 0.6) is 5.75 Å². The smallest absolute Gasteiger partial charge is 0.270 e. The van der Waals surface area contributed by atoms with Crippen molar-refractivity contribution < 1.29 is 9.53 Å². The summed E-state index contributed by atoms with van der Waals surface area (Å²) in [6, 6.07) is 9.70. The second kappa shape index (κ2) is 5.81. The van der Waals surface area contributed by atoms with Gasteiger partial charge in [-0.15, -0.1) is 0 Å². The van der Waals surface area contributed by atoms with E-state index in [9.17, 15) is 4.79 Å². The first-order chi connectivity index (χ1) is 11.2. The number of fused-ring (bicyclic) bond motifs is 4. The first-order valence-corrected chi connectivity index (χ1v) is 8.21. The van der Waals surface area contributed by atoms with E-state index in [1.807, 2.05) is 24.3 Å². The Labute approximate surface area is 135 Å². The summed E-state index contributed by atoms with van der Waals surface area (Å²) in [5, 5.41) is 4.11. The van der Waals surface area contributed by atoms with Gasteiger partial charge in [0.15, 0.2) is 0 Å². The molecule has 2 aromatic rings. The number of carbonyl (C=O) groups is 1. The molecule has 1 atom stereocenters. The van der Waals surface area contributed by atoms with Crippen LogP contribution in [0.2, 0.25) is 0 Å². The number of para-hydroxylation sites is 1. The fourth-order valence-electron chi connectivity index (χ4n) is 3.80. The average molecular weight is 311 g/mol. The van der Waals surface area contributed by atoms with Gasteiger partial charge >= 0.3 is 0 Å². The summed E-state index contributed by atoms with van der Waals surface area (Å²) in [5.41, 5.74) is 1.21. The molecule has 5 rings (SSSR count). The van der Waals surface area contributed by atoms with Gasteiger partial charge in [0, 0.05) is 24.0 Å². The Morgan fingerprint density at radius 2 is 2.09 bits per heavy atom. The molecule has 3 aliphatic rings. The molecule has 2 bridgehead atoms. The Kier molecular flexibility index (Phi) is 3.65. The van der Waals surface area contributed by atoms with Gasteiger partial charge in [-0.1, -0.05) is 12.1 Å². The van der Waals surface area contributed by atoms with Gasteiger partial charge in [-0.25, -0.2) is 4.98 Å². The van der Waals surface area contributed by atoms with E-state index < -0.39 is 0 Å². The summed E-state index contributed by atoms with van der Waals surface area (Å²) in [4.78, 5) is 19.6.